The molecule has 0 bridgehead atoms. The molecule has 7 heteroatoms. The van der Waals surface area contributed by atoms with E-state index >= 15 is 0 Å². The number of nitrogens with zero attached hydrogens (tertiary/aromatic N) is 3. The van der Waals surface area contributed by atoms with Crippen LogP contribution < -0.4 is 10.6 Å². The second-order valence-corrected chi connectivity index (χ2v) is 7.24. The van der Waals surface area contributed by atoms with Gasteiger partial charge in [-0.2, -0.15) is 0 Å². The van der Waals surface area contributed by atoms with Gasteiger partial charge in [0.25, 0.3) is 0 Å². The fraction of sp³-hybridized carbons (Fsp3) is 0.733. The molecule has 3 heterocycles. The van der Waals surface area contributed by atoms with Gasteiger partial charge in [0, 0.05) is 37.3 Å². The maximum atomic E-state index is 5.96. The summed E-state index contributed by atoms with van der Waals surface area (Å²) < 4.78 is 5.96. The van der Waals surface area contributed by atoms with Crippen LogP contribution in [0.4, 0.5) is 0 Å². The molecule has 2 saturated heterocycles. The van der Waals surface area contributed by atoms with E-state index in [4.69, 9.17) is 4.74 Å². The highest BCUT2D eigenvalue weighted by molar-refractivity contribution is 7.11. The normalized spacial score (nSPS) is 26.0. The lowest BCUT2D eigenvalue weighted by atomic mass is 10.2. The lowest BCUT2D eigenvalue weighted by Gasteiger charge is -2.35. The van der Waals surface area contributed by atoms with Crippen molar-refractivity contribution in [3.05, 3.63) is 16.1 Å². The number of fused-ring (bicyclic) bond motifs is 1. The number of nitrogens with one attached hydrogen (secondary N) is 2. The van der Waals surface area contributed by atoms with Crippen molar-refractivity contribution >= 4 is 17.3 Å². The number of rotatable bonds is 4. The number of aryl methyl sites for hydroxylation is 1. The molecule has 0 saturated carbocycles. The zero-order valence-corrected chi connectivity index (χ0v) is 14.2. The number of morpholine rings is 1. The second-order valence-electron chi connectivity index (χ2n) is 5.92. The Labute approximate surface area is 136 Å². The number of ether oxygens (including phenoxy) is 1. The smallest absolute Gasteiger partial charge is 0.191 e. The standard InChI is InChI=1S/C15H25N5OS/c1-11-6-17-14(22-11)8-19-15(16-2)18-7-13-9-20-5-3-4-12(20)10-21-13/h6,12-13H,3-5,7-10H2,1-2H3,(H2,16,18,19). The van der Waals surface area contributed by atoms with Crippen molar-refractivity contribution in [1.82, 2.24) is 20.5 Å². The van der Waals surface area contributed by atoms with Gasteiger partial charge in [0.15, 0.2) is 5.96 Å². The molecule has 2 atom stereocenters. The van der Waals surface area contributed by atoms with Crippen LogP contribution in [0.2, 0.25) is 0 Å². The third-order valence-electron chi connectivity index (χ3n) is 4.26. The molecule has 0 aliphatic carbocycles. The Morgan fingerprint density at radius 2 is 2.45 bits per heavy atom. The maximum absolute atomic E-state index is 5.96. The topological polar surface area (TPSA) is 61.8 Å². The van der Waals surface area contributed by atoms with E-state index in [1.165, 1.54) is 24.3 Å². The molecule has 1 aromatic heterocycles. The molecule has 0 spiro atoms. The highest BCUT2D eigenvalue weighted by Gasteiger charge is 2.32. The average molecular weight is 323 g/mol. The Balaban J connectivity index is 1.41. The molecule has 0 amide bonds. The van der Waals surface area contributed by atoms with Gasteiger partial charge in [-0.05, 0) is 26.3 Å². The SMILES string of the molecule is CN=C(NCc1ncc(C)s1)NCC1CN2CCCC2CO1. The molecule has 0 radical (unpaired) electrons. The van der Waals surface area contributed by atoms with Crippen LogP contribution in [0.1, 0.15) is 22.7 Å². The third kappa shape index (κ3) is 3.97. The van der Waals surface area contributed by atoms with Gasteiger partial charge in [-0.1, -0.05) is 0 Å². The second kappa shape index (κ2) is 7.39. The van der Waals surface area contributed by atoms with E-state index in [1.807, 2.05) is 6.20 Å². The number of hydrogen-bond donors (Lipinski definition) is 2. The number of aliphatic imine (C=N–C) groups is 1. The summed E-state index contributed by atoms with van der Waals surface area (Å²) in [5, 5.41) is 7.74. The Kier molecular flexibility index (Phi) is 5.28. The molecule has 1 aromatic rings. The van der Waals surface area contributed by atoms with Crippen LogP contribution in [0, 0.1) is 6.92 Å². The van der Waals surface area contributed by atoms with E-state index in [0.29, 0.717) is 12.6 Å². The first kappa shape index (κ1) is 15.7. The van der Waals surface area contributed by atoms with Crippen LogP contribution in [-0.4, -0.2) is 61.3 Å². The van der Waals surface area contributed by atoms with Crippen molar-refractivity contribution in [2.24, 2.45) is 4.99 Å². The van der Waals surface area contributed by atoms with Crippen LogP contribution in [0.25, 0.3) is 0 Å². The van der Waals surface area contributed by atoms with Crippen molar-refractivity contribution in [2.75, 3.05) is 33.3 Å². The average Bonchev–Trinajstić information content (AvgIpc) is 3.15. The Morgan fingerprint density at radius 1 is 1.55 bits per heavy atom. The fourth-order valence-electron chi connectivity index (χ4n) is 3.08. The Bertz CT molecular complexity index is 518. The molecule has 2 aliphatic rings. The molecule has 0 aromatic carbocycles. The first-order valence-corrected chi connectivity index (χ1v) is 8.77. The van der Waals surface area contributed by atoms with Gasteiger partial charge in [-0.15, -0.1) is 11.3 Å². The van der Waals surface area contributed by atoms with Crippen LogP contribution in [0.5, 0.6) is 0 Å². The van der Waals surface area contributed by atoms with Crippen molar-refractivity contribution in [1.29, 1.82) is 0 Å². The summed E-state index contributed by atoms with van der Waals surface area (Å²) in [6.07, 6.45) is 4.75. The van der Waals surface area contributed by atoms with Gasteiger partial charge in [0.1, 0.15) is 5.01 Å². The summed E-state index contributed by atoms with van der Waals surface area (Å²) in [6.45, 7) is 6.69. The molecular weight excluding hydrogens is 298 g/mol. The molecule has 3 rings (SSSR count). The van der Waals surface area contributed by atoms with E-state index in [9.17, 15) is 0 Å². The van der Waals surface area contributed by atoms with Gasteiger partial charge in [-0.3, -0.25) is 9.89 Å². The summed E-state index contributed by atoms with van der Waals surface area (Å²) in [5.41, 5.74) is 0. The van der Waals surface area contributed by atoms with E-state index in [0.717, 1.165) is 30.7 Å². The molecule has 6 nitrogen and oxygen atoms in total. The van der Waals surface area contributed by atoms with Crippen molar-refractivity contribution in [3.63, 3.8) is 0 Å². The zero-order valence-electron chi connectivity index (χ0n) is 13.3. The van der Waals surface area contributed by atoms with Gasteiger partial charge >= 0.3 is 0 Å². The van der Waals surface area contributed by atoms with E-state index in [1.54, 1.807) is 18.4 Å². The molecule has 22 heavy (non-hydrogen) atoms. The lowest BCUT2D eigenvalue weighted by molar-refractivity contribution is -0.0453. The van der Waals surface area contributed by atoms with Crippen LogP contribution in [0.15, 0.2) is 11.2 Å². The van der Waals surface area contributed by atoms with E-state index in [2.05, 4.69) is 32.4 Å². The van der Waals surface area contributed by atoms with Gasteiger partial charge < -0.3 is 15.4 Å². The summed E-state index contributed by atoms with van der Waals surface area (Å²) in [5.74, 6) is 0.806. The van der Waals surface area contributed by atoms with Gasteiger partial charge in [0.2, 0.25) is 0 Å². The monoisotopic (exact) mass is 323 g/mol. The zero-order chi connectivity index (χ0) is 15.4. The molecule has 122 valence electrons. The van der Waals surface area contributed by atoms with Crippen molar-refractivity contribution < 1.29 is 4.74 Å². The number of aromatic nitrogens is 1. The van der Waals surface area contributed by atoms with E-state index < -0.39 is 0 Å². The van der Waals surface area contributed by atoms with E-state index in [-0.39, 0.29) is 6.10 Å². The minimum absolute atomic E-state index is 0.245. The minimum atomic E-state index is 0.245. The number of hydrogen-bond acceptors (Lipinski definition) is 5. The number of thiazole rings is 1. The van der Waals surface area contributed by atoms with Crippen molar-refractivity contribution in [3.8, 4) is 0 Å². The quantitative estimate of drug-likeness (QED) is 0.639. The van der Waals surface area contributed by atoms with Crippen molar-refractivity contribution in [2.45, 2.75) is 38.5 Å². The lowest BCUT2D eigenvalue weighted by Crippen LogP contribution is -2.51. The summed E-state index contributed by atoms with van der Waals surface area (Å²) >= 11 is 1.71. The Hall–Kier alpha value is -1.18. The van der Waals surface area contributed by atoms with Crippen LogP contribution in [0.3, 0.4) is 0 Å². The highest BCUT2D eigenvalue weighted by atomic mass is 32.1. The highest BCUT2D eigenvalue weighted by Crippen LogP contribution is 2.22. The minimum Gasteiger partial charge on any atom is -0.373 e. The molecular formula is C15H25N5OS. The van der Waals surface area contributed by atoms with Gasteiger partial charge in [0.05, 0.1) is 19.3 Å². The summed E-state index contributed by atoms with van der Waals surface area (Å²) in [7, 11) is 1.79. The molecule has 2 fully saturated rings. The molecule has 2 aliphatic heterocycles. The van der Waals surface area contributed by atoms with Crippen LogP contribution >= 0.6 is 11.3 Å². The maximum Gasteiger partial charge on any atom is 0.191 e. The predicted molar refractivity (Wildman–Crippen MR) is 89.4 cm³/mol. The third-order valence-corrected chi connectivity index (χ3v) is 5.17. The van der Waals surface area contributed by atoms with Gasteiger partial charge in [-0.25, -0.2) is 4.98 Å². The fourth-order valence-corrected chi connectivity index (χ4v) is 3.81. The summed E-state index contributed by atoms with van der Waals surface area (Å²) in [4.78, 5) is 12.4. The Morgan fingerprint density at radius 3 is 3.23 bits per heavy atom. The first-order chi connectivity index (χ1) is 10.7. The molecule has 2 unspecified atom stereocenters. The largest absolute Gasteiger partial charge is 0.373 e. The molecule has 2 N–H and O–H groups in total. The summed E-state index contributed by atoms with van der Waals surface area (Å²) in [6, 6.07) is 0.654. The first-order valence-electron chi connectivity index (χ1n) is 7.96. The van der Waals surface area contributed by atoms with Crippen LogP contribution in [-0.2, 0) is 11.3 Å². The number of guanidine groups is 1. The predicted octanol–water partition coefficient (Wildman–Crippen LogP) is 0.980.